The minimum absolute atomic E-state index is 0.142. The summed E-state index contributed by atoms with van der Waals surface area (Å²) in [5.74, 6) is -0.185. The van der Waals surface area contributed by atoms with Crippen molar-refractivity contribution in [2.45, 2.75) is 75.7 Å². The van der Waals surface area contributed by atoms with Gasteiger partial charge in [0.2, 0.25) is 5.88 Å². The number of aliphatic hydroxyl groups is 1. The van der Waals surface area contributed by atoms with Crippen molar-refractivity contribution in [2.24, 2.45) is 5.73 Å². The number of nitrogens with two attached hydrogens (primary N) is 1. The molecule has 28 heavy (non-hydrogen) atoms. The quantitative estimate of drug-likeness (QED) is 0.604. The van der Waals surface area contributed by atoms with Gasteiger partial charge in [0.1, 0.15) is 17.2 Å². The summed E-state index contributed by atoms with van der Waals surface area (Å²) in [4.78, 5) is 42.3. The maximum absolute atomic E-state index is 12.4. The van der Waals surface area contributed by atoms with Gasteiger partial charge in [0.05, 0.1) is 6.10 Å². The van der Waals surface area contributed by atoms with E-state index in [0.717, 1.165) is 17.8 Å². The van der Waals surface area contributed by atoms with Gasteiger partial charge >= 0.3 is 6.03 Å². The van der Waals surface area contributed by atoms with Crippen LogP contribution in [-0.4, -0.2) is 57.1 Å². The van der Waals surface area contributed by atoms with Gasteiger partial charge in [0.15, 0.2) is 4.88 Å². The van der Waals surface area contributed by atoms with Crippen LogP contribution in [0.4, 0.5) is 4.79 Å². The highest BCUT2D eigenvalue weighted by molar-refractivity contribution is 7.14. The monoisotopic (exact) mass is 408 g/mol. The van der Waals surface area contributed by atoms with E-state index >= 15 is 0 Å². The van der Waals surface area contributed by atoms with Crippen molar-refractivity contribution in [1.29, 1.82) is 0 Å². The first-order valence-electron chi connectivity index (χ1n) is 9.64. The van der Waals surface area contributed by atoms with Crippen LogP contribution in [0.25, 0.3) is 0 Å². The molecule has 0 spiro atoms. The van der Waals surface area contributed by atoms with Gasteiger partial charge in [0, 0.05) is 12.0 Å². The Bertz CT molecular complexity index is 798. The van der Waals surface area contributed by atoms with Crippen LogP contribution in [0, 0.1) is 0 Å². The third kappa shape index (κ3) is 3.58. The summed E-state index contributed by atoms with van der Waals surface area (Å²) in [7, 11) is 0. The van der Waals surface area contributed by atoms with Gasteiger partial charge < -0.3 is 20.9 Å². The molecule has 10 heteroatoms. The zero-order chi connectivity index (χ0) is 20.0. The van der Waals surface area contributed by atoms with E-state index in [0.29, 0.717) is 42.4 Å². The summed E-state index contributed by atoms with van der Waals surface area (Å²) < 4.78 is 5.98. The highest BCUT2D eigenvalue weighted by atomic mass is 32.1. The van der Waals surface area contributed by atoms with Crippen molar-refractivity contribution in [3.63, 3.8) is 0 Å². The van der Waals surface area contributed by atoms with Gasteiger partial charge in [-0.3, -0.25) is 14.5 Å². The van der Waals surface area contributed by atoms with Crippen LogP contribution in [0.1, 0.15) is 66.0 Å². The molecule has 9 nitrogen and oxygen atoms in total. The average molecular weight is 408 g/mol. The van der Waals surface area contributed by atoms with Gasteiger partial charge in [-0.25, -0.2) is 9.78 Å². The van der Waals surface area contributed by atoms with E-state index in [-0.39, 0.29) is 18.1 Å². The fourth-order valence-electron chi connectivity index (χ4n) is 3.83. The van der Waals surface area contributed by atoms with Crippen LogP contribution < -0.4 is 15.8 Å². The summed E-state index contributed by atoms with van der Waals surface area (Å²) in [5.41, 5.74) is 5.47. The lowest BCUT2D eigenvalue weighted by Crippen LogP contribution is -2.45. The maximum Gasteiger partial charge on any atom is 0.325 e. The van der Waals surface area contributed by atoms with Crippen LogP contribution in [0.2, 0.25) is 0 Å². The predicted octanol–water partition coefficient (Wildman–Crippen LogP) is 1.11. The van der Waals surface area contributed by atoms with E-state index in [1.807, 2.05) is 0 Å². The van der Waals surface area contributed by atoms with Gasteiger partial charge in [-0.1, -0.05) is 0 Å². The molecule has 3 fully saturated rings. The van der Waals surface area contributed by atoms with Crippen molar-refractivity contribution in [1.82, 2.24) is 15.2 Å². The van der Waals surface area contributed by atoms with Crippen LogP contribution in [0.3, 0.4) is 0 Å². The summed E-state index contributed by atoms with van der Waals surface area (Å²) in [6.45, 7) is 1.48. The van der Waals surface area contributed by atoms with E-state index in [1.165, 1.54) is 23.2 Å². The molecule has 0 radical (unpaired) electrons. The molecular formula is C18H24N4O5S. The molecule has 0 aromatic carbocycles. The Labute approximate surface area is 166 Å². The molecule has 1 unspecified atom stereocenters. The lowest BCUT2D eigenvalue weighted by Gasteiger charge is -2.32. The molecule has 3 aliphatic rings. The second-order valence-corrected chi connectivity index (χ2v) is 8.78. The number of carbonyl (C=O) groups is 3. The van der Waals surface area contributed by atoms with Crippen molar-refractivity contribution < 1.29 is 24.2 Å². The number of nitrogens with one attached hydrogen (secondary N) is 1. The number of amides is 4. The molecule has 1 aliphatic heterocycles. The molecule has 1 saturated heterocycles. The number of primary amides is 1. The minimum atomic E-state index is -0.932. The largest absolute Gasteiger partial charge is 0.473 e. The first kappa shape index (κ1) is 19.1. The fourth-order valence-corrected chi connectivity index (χ4v) is 4.85. The Morgan fingerprint density at radius 2 is 1.96 bits per heavy atom. The van der Waals surface area contributed by atoms with Gasteiger partial charge in [0.25, 0.3) is 11.8 Å². The number of hydrogen-bond donors (Lipinski definition) is 3. The number of thiazole rings is 1. The summed E-state index contributed by atoms with van der Waals surface area (Å²) in [6.07, 6.45) is 3.55. The first-order chi connectivity index (χ1) is 13.3. The number of imide groups is 1. The normalized spacial score (nSPS) is 28.9. The van der Waals surface area contributed by atoms with E-state index < -0.39 is 24.1 Å². The smallest absolute Gasteiger partial charge is 0.325 e. The van der Waals surface area contributed by atoms with Gasteiger partial charge in [-0.05, 0) is 45.4 Å². The second-order valence-electron chi connectivity index (χ2n) is 7.75. The Morgan fingerprint density at radius 1 is 1.29 bits per heavy atom. The van der Waals surface area contributed by atoms with Crippen molar-refractivity contribution >= 4 is 29.2 Å². The van der Waals surface area contributed by atoms with Crippen molar-refractivity contribution in [2.75, 3.05) is 0 Å². The molecule has 2 atom stereocenters. The Kier molecular flexibility index (Phi) is 5.00. The zero-order valence-corrected chi connectivity index (χ0v) is 16.4. The molecule has 2 heterocycles. The Hall–Kier alpha value is -2.20. The molecule has 4 rings (SSSR count). The van der Waals surface area contributed by atoms with Crippen molar-refractivity contribution in [3.05, 3.63) is 9.88 Å². The first-order valence-corrected chi connectivity index (χ1v) is 10.5. The van der Waals surface area contributed by atoms with E-state index in [9.17, 15) is 19.5 Å². The Morgan fingerprint density at radius 3 is 2.50 bits per heavy atom. The number of aromatic nitrogens is 1. The third-order valence-corrected chi connectivity index (χ3v) is 6.75. The standard InChI is InChI=1S/C18H24N4O5S/c1-8(23)12-17(25)22(18(26)20-12)10-4-6-11(7-5-10)27-15-13(14(19)24)28-16(21-15)9-2-3-9/h8-12,23H,2-7H2,1H3,(H2,19,24)(H,20,26)/t8-,10-,11-,12?/m1/s1. The van der Waals surface area contributed by atoms with Crippen LogP contribution in [0.15, 0.2) is 0 Å². The van der Waals surface area contributed by atoms with Crippen LogP contribution >= 0.6 is 11.3 Å². The topological polar surface area (TPSA) is 135 Å². The summed E-state index contributed by atoms with van der Waals surface area (Å²) >= 11 is 1.31. The van der Waals surface area contributed by atoms with E-state index in [4.69, 9.17) is 10.5 Å². The average Bonchev–Trinajstić information content (AvgIpc) is 3.34. The molecule has 4 N–H and O–H groups in total. The van der Waals surface area contributed by atoms with Crippen molar-refractivity contribution in [3.8, 4) is 5.88 Å². The molecule has 4 amide bonds. The minimum Gasteiger partial charge on any atom is -0.473 e. The summed E-state index contributed by atoms with van der Waals surface area (Å²) in [6, 6.07) is -1.55. The molecule has 1 aromatic heterocycles. The Balaban J connectivity index is 1.38. The molecule has 1 aromatic rings. The predicted molar refractivity (Wildman–Crippen MR) is 100 cm³/mol. The number of nitrogens with zero attached hydrogens (tertiary/aromatic N) is 2. The molecule has 2 aliphatic carbocycles. The number of aliphatic hydroxyl groups excluding tert-OH is 1. The zero-order valence-electron chi connectivity index (χ0n) is 15.6. The maximum atomic E-state index is 12.4. The number of urea groups is 1. The number of carbonyl (C=O) groups excluding carboxylic acids is 3. The highest BCUT2D eigenvalue weighted by Gasteiger charge is 2.45. The lowest BCUT2D eigenvalue weighted by molar-refractivity contribution is -0.131. The van der Waals surface area contributed by atoms with E-state index in [1.54, 1.807) is 0 Å². The summed E-state index contributed by atoms with van der Waals surface area (Å²) in [5, 5.41) is 13.1. The lowest BCUT2D eigenvalue weighted by atomic mass is 9.91. The number of rotatable bonds is 6. The fraction of sp³-hybridized carbons (Fsp3) is 0.667. The second kappa shape index (κ2) is 7.32. The van der Waals surface area contributed by atoms with Gasteiger partial charge in [-0.15, -0.1) is 11.3 Å². The highest BCUT2D eigenvalue weighted by Crippen LogP contribution is 2.44. The van der Waals surface area contributed by atoms with Crippen LogP contribution in [0.5, 0.6) is 5.88 Å². The third-order valence-electron chi connectivity index (χ3n) is 5.53. The molecule has 2 saturated carbocycles. The molecule has 152 valence electrons. The molecule has 0 bridgehead atoms. The molecular weight excluding hydrogens is 384 g/mol. The SMILES string of the molecule is C[C@@H](O)C1NC(=O)N([C@H]2CC[C@H](Oc3nc(C4CC4)sc3C(N)=O)CC2)C1=O. The number of ether oxygens (including phenoxy) is 1. The van der Waals surface area contributed by atoms with Crippen LogP contribution in [-0.2, 0) is 4.79 Å². The van der Waals surface area contributed by atoms with E-state index in [2.05, 4.69) is 10.3 Å². The number of hydrogen-bond acceptors (Lipinski definition) is 7. The van der Waals surface area contributed by atoms with Gasteiger partial charge in [-0.2, -0.15) is 0 Å².